The third-order valence-corrected chi connectivity index (χ3v) is 4.62. The van der Waals surface area contributed by atoms with Crippen molar-refractivity contribution < 1.29 is 9.21 Å². The van der Waals surface area contributed by atoms with Crippen LogP contribution in [0.2, 0.25) is 0 Å². The molecule has 114 valence electrons. The lowest BCUT2D eigenvalue weighted by atomic mass is 10.1. The van der Waals surface area contributed by atoms with E-state index in [2.05, 4.69) is 5.32 Å². The van der Waals surface area contributed by atoms with Crippen molar-refractivity contribution in [2.45, 2.75) is 25.0 Å². The molecule has 0 saturated heterocycles. The van der Waals surface area contributed by atoms with Crippen LogP contribution in [0.1, 0.15) is 35.1 Å². The van der Waals surface area contributed by atoms with Gasteiger partial charge in [0.15, 0.2) is 6.17 Å². The molecule has 1 aliphatic carbocycles. The molecule has 23 heavy (non-hydrogen) atoms. The molecular formula is C19H16N2O2. The summed E-state index contributed by atoms with van der Waals surface area (Å²) < 4.78 is 6.02. The standard InChI is InChI=1S/C19H16N2O2/c22-19-14-6-2-3-7-15(14)20-18(21(19)13-9-10-13)17-11-12-5-1-4-8-16(12)23-17/h1-8,11,13,18,20H,9-10H2/t18-/m0/s1. The summed E-state index contributed by atoms with van der Waals surface area (Å²) in [5.41, 5.74) is 2.47. The number of rotatable bonds is 2. The molecule has 1 aromatic heterocycles. The average molecular weight is 304 g/mol. The lowest BCUT2D eigenvalue weighted by Crippen LogP contribution is -2.44. The van der Waals surface area contributed by atoms with Gasteiger partial charge in [-0.2, -0.15) is 0 Å². The Balaban J connectivity index is 1.64. The third-order valence-electron chi connectivity index (χ3n) is 4.62. The molecule has 1 aliphatic heterocycles. The molecule has 4 heteroatoms. The molecule has 0 unspecified atom stereocenters. The summed E-state index contributed by atoms with van der Waals surface area (Å²) in [5.74, 6) is 0.883. The Morgan fingerprint density at radius 2 is 1.83 bits per heavy atom. The number of nitrogens with one attached hydrogen (secondary N) is 1. The number of carbonyl (C=O) groups excluding carboxylic acids is 1. The second kappa shape index (κ2) is 4.62. The van der Waals surface area contributed by atoms with Crippen molar-refractivity contribution in [1.29, 1.82) is 0 Å². The summed E-state index contributed by atoms with van der Waals surface area (Å²) in [5, 5.41) is 4.55. The van der Waals surface area contributed by atoms with Gasteiger partial charge in [-0.05, 0) is 37.1 Å². The quantitative estimate of drug-likeness (QED) is 0.773. The number of hydrogen-bond acceptors (Lipinski definition) is 3. The lowest BCUT2D eigenvalue weighted by molar-refractivity contribution is 0.0647. The number of benzene rings is 2. The second-order valence-corrected chi connectivity index (χ2v) is 6.22. The van der Waals surface area contributed by atoms with Crippen LogP contribution in [-0.2, 0) is 0 Å². The van der Waals surface area contributed by atoms with Gasteiger partial charge < -0.3 is 14.6 Å². The molecule has 1 fully saturated rings. The summed E-state index contributed by atoms with van der Waals surface area (Å²) in [7, 11) is 0. The number of nitrogens with zero attached hydrogens (tertiary/aromatic N) is 1. The summed E-state index contributed by atoms with van der Waals surface area (Å²) in [6.45, 7) is 0. The van der Waals surface area contributed by atoms with Gasteiger partial charge in [0.1, 0.15) is 11.3 Å². The zero-order valence-electron chi connectivity index (χ0n) is 12.5. The van der Waals surface area contributed by atoms with Crippen LogP contribution in [0.15, 0.2) is 59.0 Å². The van der Waals surface area contributed by atoms with E-state index in [1.165, 1.54) is 0 Å². The van der Waals surface area contributed by atoms with Crippen molar-refractivity contribution in [1.82, 2.24) is 4.90 Å². The minimum absolute atomic E-state index is 0.0901. The van der Waals surface area contributed by atoms with E-state index in [9.17, 15) is 4.79 Å². The number of amides is 1. The van der Waals surface area contributed by atoms with Crippen molar-refractivity contribution in [3.63, 3.8) is 0 Å². The molecule has 0 radical (unpaired) electrons. The Labute approximate surface area is 133 Å². The first-order valence-electron chi connectivity index (χ1n) is 7.98. The second-order valence-electron chi connectivity index (χ2n) is 6.22. The zero-order chi connectivity index (χ0) is 15.4. The molecule has 1 N–H and O–H groups in total. The minimum Gasteiger partial charge on any atom is -0.457 e. The molecule has 1 saturated carbocycles. The molecule has 0 bridgehead atoms. The van der Waals surface area contributed by atoms with Crippen molar-refractivity contribution in [2.24, 2.45) is 0 Å². The number of para-hydroxylation sites is 2. The third kappa shape index (κ3) is 1.95. The Morgan fingerprint density at radius 3 is 2.65 bits per heavy atom. The topological polar surface area (TPSA) is 45.5 Å². The average Bonchev–Trinajstić information content (AvgIpc) is 3.32. The highest BCUT2D eigenvalue weighted by atomic mass is 16.3. The maximum atomic E-state index is 12.9. The fraction of sp³-hybridized carbons (Fsp3) is 0.211. The van der Waals surface area contributed by atoms with E-state index < -0.39 is 0 Å². The highest BCUT2D eigenvalue weighted by Gasteiger charge is 2.43. The van der Waals surface area contributed by atoms with Crippen LogP contribution in [0.25, 0.3) is 11.0 Å². The SMILES string of the molecule is O=C1c2ccccc2N[C@H](c2cc3ccccc3o2)N1C1CC1. The molecule has 1 atom stereocenters. The van der Waals surface area contributed by atoms with Crippen molar-refractivity contribution in [3.05, 3.63) is 65.9 Å². The van der Waals surface area contributed by atoms with Gasteiger partial charge in [0.05, 0.1) is 5.56 Å². The Bertz CT molecular complexity index is 877. The maximum absolute atomic E-state index is 12.9. The van der Waals surface area contributed by atoms with Crippen molar-refractivity contribution >= 4 is 22.6 Å². The van der Waals surface area contributed by atoms with Crippen molar-refractivity contribution in [3.8, 4) is 0 Å². The fourth-order valence-electron chi connectivity index (χ4n) is 3.34. The predicted molar refractivity (Wildman–Crippen MR) is 88.2 cm³/mol. The first kappa shape index (κ1) is 12.8. The van der Waals surface area contributed by atoms with Gasteiger partial charge in [-0.15, -0.1) is 0 Å². The molecule has 5 rings (SSSR count). The number of fused-ring (bicyclic) bond motifs is 2. The van der Waals surface area contributed by atoms with Gasteiger partial charge in [-0.1, -0.05) is 30.3 Å². The van der Waals surface area contributed by atoms with Crippen LogP contribution < -0.4 is 5.32 Å². The maximum Gasteiger partial charge on any atom is 0.258 e. The first-order chi connectivity index (χ1) is 11.3. The molecule has 1 amide bonds. The highest BCUT2D eigenvalue weighted by molar-refractivity contribution is 6.02. The highest BCUT2D eigenvalue weighted by Crippen LogP contribution is 2.41. The van der Waals surface area contributed by atoms with Crippen LogP contribution in [0.5, 0.6) is 0 Å². The summed E-state index contributed by atoms with van der Waals surface area (Å²) >= 11 is 0. The molecule has 2 aliphatic rings. The number of carbonyl (C=O) groups is 1. The smallest absolute Gasteiger partial charge is 0.258 e. The van der Waals surface area contributed by atoms with Crippen LogP contribution in [0.4, 0.5) is 5.69 Å². The molecule has 2 aromatic carbocycles. The van der Waals surface area contributed by atoms with E-state index in [0.29, 0.717) is 6.04 Å². The van der Waals surface area contributed by atoms with Gasteiger partial charge in [-0.3, -0.25) is 4.79 Å². The van der Waals surface area contributed by atoms with Gasteiger partial charge in [0.2, 0.25) is 0 Å². The van der Waals surface area contributed by atoms with Gasteiger partial charge in [0, 0.05) is 17.1 Å². The lowest BCUT2D eigenvalue weighted by Gasteiger charge is -2.36. The molecule has 0 spiro atoms. The van der Waals surface area contributed by atoms with Gasteiger partial charge in [0.25, 0.3) is 5.91 Å². The number of anilines is 1. The molecule has 4 nitrogen and oxygen atoms in total. The van der Waals surface area contributed by atoms with Crippen LogP contribution in [0, 0.1) is 0 Å². The van der Waals surface area contributed by atoms with E-state index in [1.807, 2.05) is 59.5 Å². The Morgan fingerprint density at radius 1 is 1.04 bits per heavy atom. The largest absolute Gasteiger partial charge is 0.457 e. The Kier molecular flexibility index (Phi) is 2.56. The van der Waals surface area contributed by atoms with Crippen LogP contribution in [0.3, 0.4) is 0 Å². The van der Waals surface area contributed by atoms with Crippen LogP contribution in [-0.4, -0.2) is 16.8 Å². The summed E-state index contributed by atoms with van der Waals surface area (Å²) in [6.07, 6.45) is 1.89. The fourth-order valence-corrected chi connectivity index (χ4v) is 3.34. The monoisotopic (exact) mass is 304 g/mol. The minimum atomic E-state index is -0.239. The van der Waals surface area contributed by atoms with E-state index >= 15 is 0 Å². The number of furan rings is 1. The summed E-state index contributed by atoms with van der Waals surface area (Å²) in [4.78, 5) is 14.9. The van der Waals surface area contributed by atoms with Crippen LogP contribution >= 0.6 is 0 Å². The van der Waals surface area contributed by atoms with Gasteiger partial charge >= 0.3 is 0 Å². The molecule has 3 aromatic rings. The summed E-state index contributed by atoms with van der Waals surface area (Å²) in [6, 6.07) is 18.0. The predicted octanol–water partition coefficient (Wildman–Crippen LogP) is 4.16. The van der Waals surface area contributed by atoms with E-state index in [1.54, 1.807) is 0 Å². The van der Waals surface area contributed by atoms with Gasteiger partial charge in [-0.25, -0.2) is 0 Å². The van der Waals surface area contributed by atoms with E-state index in [4.69, 9.17) is 4.42 Å². The molecular weight excluding hydrogens is 288 g/mol. The first-order valence-corrected chi connectivity index (χ1v) is 7.98. The molecule has 2 heterocycles. The van der Waals surface area contributed by atoms with E-state index in [-0.39, 0.29) is 12.1 Å². The Hall–Kier alpha value is -2.75. The normalized spacial score (nSPS) is 20.4. The van der Waals surface area contributed by atoms with Crippen molar-refractivity contribution in [2.75, 3.05) is 5.32 Å². The number of hydrogen-bond donors (Lipinski definition) is 1. The van der Waals surface area contributed by atoms with E-state index in [0.717, 1.165) is 40.8 Å². The zero-order valence-corrected chi connectivity index (χ0v) is 12.5.